The third-order valence-electron chi connectivity index (χ3n) is 12.8. The van der Waals surface area contributed by atoms with Gasteiger partial charge in [0.15, 0.2) is 0 Å². The zero-order chi connectivity index (χ0) is 52.6. The van der Waals surface area contributed by atoms with Gasteiger partial charge in [-0.15, -0.1) is 0 Å². The van der Waals surface area contributed by atoms with Crippen LogP contribution in [0, 0.1) is 55.4 Å². The summed E-state index contributed by atoms with van der Waals surface area (Å²) in [5.41, 5.74) is 14.5. The van der Waals surface area contributed by atoms with Crippen molar-refractivity contribution in [2.24, 2.45) is 0 Å². The molecule has 0 radical (unpaired) electrons. The molecule has 13 heteroatoms. The van der Waals surface area contributed by atoms with Crippen molar-refractivity contribution in [1.29, 1.82) is 0 Å². The molecule has 0 saturated heterocycles. The molecule has 0 N–H and O–H groups in total. The van der Waals surface area contributed by atoms with E-state index >= 15 is 0 Å². The predicted octanol–water partition coefficient (Wildman–Crippen LogP) is 15.5. The summed E-state index contributed by atoms with van der Waals surface area (Å²) in [5, 5.41) is 13.9. The summed E-state index contributed by atoms with van der Waals surface area (Å²) in [4.78, 5) is 17.0. The molecule has 0 bridgehead atoms. The minimum Gasteiger partial charge on any atom is 1.00 e. The molecule has 1 aromatic heterocycles. The van der Waals surface area contributed by atoms with E-state index in [9.17, 15) is 30.0 Å². The van der Waals surface area contributed by atoms with Crippen LogP contribution in [0.4, 0.5) is 31.0 Å². The molecule has 0 spiro atoms. The third kappa shape index (κ3) is 14.0. The Labute approximate surface area is 443 Å². The van der Waals surface area contributed by atoms with Gasteiger partial charge in [0.2, 0.25) is 5.91 Å². The Kier molecular flexibility index (Phi) is 16.3. The number of carbonyl (C=O) groups excluding carboxylic acids is 1. The standard InChI is InChI=1S/C52H48P2.C9H10N2O.Cu.F6P/c1-33-21-34(2)26-43(25-33)53(44-27-35(3)22-36(4)28-44)49-19-17-41-13-9-11-15-47(41)51(49)52-48-16-12-10-14-42(48)18-20-50(52)54(45-29-37(5)23-38(6)30-45)46-31-39(7)24-40(8)32-46;1-7(12)11-6-4-8-3-2-5-10-9(8)11;;1-7(2,3,4,5)6/h9-32H,1-8H3;2-3,5H,4,6H2,1H3;;/q;;+1;-1/p+2. The van der Waals surface area contributed by atoms with Crippen LogP contribution >= 0.6 is 23.7 Å². The zero-order valence-corrected chi connectivity index (χ0v) is 46.7. The van der Waals surface area contributed by atoms with Gasteiger partial charge in [0.05, 0.1) is 15.8 Å². The summed E-state index contributed by atoms with van der Waals surface area (Å²) in [6.07, 6.45) is 2.66. The zero-order valence-electron chi connectivity index (χ0n) is 42.8. The van der Waals surface area contributed by atoms with Crippen molar-refractivity contribution in [3.05, 3.63) is 214 Å². The fraction of sp³-hybridized carbons (Fsp3) is 0.180. The second-order valence-corrected chi connectivity index (χ2v) is 26.3. The number of halogens is 6. The molecule has 1 aliphatic rings. The van der Waals surface area contributed by atoms with Gasteiger partial charge in [-0.3, -0.25) is 9.69 Å². The van der Waals surface area contributed by atoms with Gasteiger partial charge in [-0.2, -0.15) is 0 Å². The maximum absolute atomic E-state index is 11.1. The number of aryl methyl sites for hydroxylation is 8. The Balaban J connectivity index is 0.000000335. The second kappa shape index (κ2) is 21.5. The summed E-state index contributed by atoms with van der Waals surface area (Å²) in [5.74, 6) is 0.914. The SMILES string of the molecule is CC(=O)N1CCc2cccnc21.Cc1cc(C)cc([PH+](c2cc(C)cc(C)c2)c2ccc3ccccc3c2-c2c([PH+](c3cc(C)cc(C)c3)c3cc(C)cc(C)c3)ccc3ccccc23)c1.F[P-](F)(F)(F)(F)F.[Cu+]. The molecule has 3 nitrogen and oxygen atoms in total. The molecule has 10 rings (SSSR count). The van der Waals surface area contributed by atoms with Crippen molar-refractivity contribution in [3.8, 4) is 11.1 Å². The normalized spacial score (nSPS) is 13.1. The first-order chi connectivity index (χ1) is 34.3. The molecular formula is C61H60CuF6N2OP3+2. The molecule has 2 heterocycles. The van der Waals surface area contributed by atoms with E-state index in [-0.39, 0.29) is 23.0 Å². The topological polar surface area (TPSA) is 33.2 Å². The van der Waals surface area contributed by atoms with Gasteiger partial charge >= 0.3 is 50.1 Å². The van der Waals surface area contributed by atoms with E-state index in [1.54, 1.807) is 18.0 Å². The van der Waals surface area contributed by atoms with Gasteiger partial charge < -0.3 is 0 Å². The number of amides is 1. The van der Waals surface area contributed by atoms with Crippen LogP contribution in [0.25, 0.3) is 32.7 Å². The van der Waals surface area contributed by atoms with Gasteiger partial charge in [-0.1, -0.05) is 91.0 Å². The van der Waals surface area contributed by atoms with Crippen LogP contribution in [0.5, 0.6) is 0 Å². The molecule has 1 amide bonds. The van der Waals surface area contributed by atoms with E-state index in [2.05, 4.69) is 206 Å². The minimum absolute atomic E-state index is 0. The number of hydrogen-bond donors (Lipinski definition) is 0. The molecule has 0 aliphatic carbocycles. The van der Waals surface area contributed by atoms with Crippen LogP contribution < -0.4 is 36.7 Å². The molecule has 9 aromatic rings. The van der Waals surface area contributed by atoms with Gasteiger partial charge in [0, 0.05) is 30.8 Å². The van der Waals surface area contributed by atoms with E-state index in [0.717, 1.165) is 18.8 Å². The summed E-state index contributed by atoms with van der Waals surface area (Å²) in [7, 11) is -13.6. The number of anilines is 1. The summed E-state index contributed by atoms with van der Waals surface area (Å²) in [6.45, 7) is 20.4. The van der Waals surface area contributed by atoms with Crippen molar-refractivity contribution in [2.75, 3.05) is 11.4 Å². The number of hydrogen-bond acceptors (Lipinski definition) is 2. The van der Waals surface area contributed by atoms with E-state index in [1.807, 2.05) is 12.1 Å². The van der Waals surface area contributed by atoms with E-state index < -0.39 is 23.7 Å². The van der Waals surface area contributed by atoms with Gasteiger partial charge in [-0.25, -0.2) is 4.98 Å². The first kappa shape index (κ1) is 56.0. The Bertz CT molecular complexity index is 3200. The van der Waals surface area contributed by atoms with E-state index in [1.165, 1.54) is 115 Å². The fourth-order valence-corrected chi connectivity index (χ4v) is 16.8. The summed E-state index contributed by atoms with van der Waals surface area (Å²) < 4.78 is 59.2. The Hall–Kier alpha value is -5.71. The molecule has 1 aliphatic heterocycles. The molecule has 0 saturated carbocycles. The smallest absolute Gasteiger partial charge is 1.00 e. The van der Waals surface area contributed by atoms with Crippen molar-refractivity contribution < 1.29 is 47.0 Å². The van der Waals surface area contributed by atoms with Crippen LogP contribution in [0.1, 0.15) is 57.0 Å². The van der Waals surface area contributed by atoms with Crippen LogP contribution in [0.3, 0.4) is 0 Å². The molecule has 0 unspecified atom stereocenters. The number of benzene rings is 8. The summed E-state index contributed by atoms with van der Waals surface area (Å²) >= 11 is 0. The Morgan fingerprint density at radius 3 is 1.12 bits per heavy atom. The minimum atomic E-state index is -10.7. The van der Waals surface area contributed by atoms with Crippen LogP contribution in [-0.2, 0) is 28.3 Å². The van der Waals surface area contributed by atoms with E-state index in [4.69, 9.17) is 0 Å². The number of carbonyl (C=O) groups is 1. The maximum Gasteiger partial charge on any atom is 1.00 e. The predicted molar refractivity (Wildman–Crippen MR) is 305 cm³/mol. The van der Waals surface area contributed by atoms with Gasteiger partial charge in [-0.05, 0) is 200 Å². The molecule has 386 valence electrons. The number of rotatable bonds is 7. The quantitative estimate of drug-likeness (QED) is 0.0905. The molecule has 74 heavy (non-hydrogen) atoms. The fourth-order valence-electron chi connectivity index (χ4n) is 10.4. The van der Waals surface area contributed by atoms with Gasteiger partial charge in [0.1, 0.15) is 37.6 Å². The average molecular weight is 1110 g/mol. The van der Waals surface area contributed by atoms with Crippen LogP contribution in [0.15, 0.2) is 164 Å². The van der Waals surface area contributed by atoms with Crippen LogP contribution in [0.2, 0.25) is 0 Å². The molecule has 0 fully saturated rings. The first-order valence-electron chi connectivity index (χ1n) is 24.2. The Morgan fingerprint density at radius 1 is 0.473 bits per heavy atom. The average Bonchev–Trinajstić information content (AvgIpc) is 3.72. The molecular weight excluding hydrogens is 1050 g/mol. The maximum atomic E-state index is 11.1. The monoisotopic (exact) mass is 1110 g/mol. The second-order valence-electron chi connectivity index (χ2n) is 19.5. The van der Waals surface area contributed by atoms with Gasteiger partial charge in [0.25, 0.3) is 0 Å². The van der Waals surface area contributed by atoms with Crippen LogP contribution in [-0.4, -0.2) is 17.4 Å². The van der Waals surface area contributed by atoms with Crippen molar-refractivity contribution in [2.45, 2.75) is 68.7 Å². The number of fused-ring (bicyclic) bond motifs is 3. The molecule has 0 atom stereocenters. The van der Waals surface area contributed by atoms with Crippen molar-refractivity contribution >= 4 is 88.7 Å². The largest absolute Gasteiger partial charge is 1.00 e. The third-order valence-corrected chi connectivity index (χ3v) is 18.2. The summed E-state index contributed by atoms with van der Waals surface area (Å²) in [6, 6.07) is 60.8. The van der Waals surface area contributed by atoms with E-state index in [0.29, 0.717) is 0 Å². The van der Waals surface area contributed by atoms with Crippen molar-refractivity contribution in [1.82, 2.24) is 4.98 Å². The first-order valence-corrected chi connectivity index (χ1v) is 29.2. The number of aromatic nitrogens is 1. The number of pyridine rings is 1. The Morgan fingerprint density at radius 2 is 0.797 bits per heavy atom. The van der Waals surface area contributed by atoms with Crippen molar-refractivity contribution in [3.63, 3.8) is 0 Å². The number of nitrogens with zero attached hydrogens (tertiary/aromatic N) is 2. The molecule has 8 aromatic carbocycles.